The van der Waals surface area contributed by atoms with Gasteiger partial charge in [0.25, 0.3) is 6.43 Å². The van der Waals surface area contributed by atoms with Crippen LogP contribution >= 0.6 is 0 Å². The van der Waals surface area contributed by atoms with Crippen LogP contribution in [0, 0.1) is 0 Å². The van der Waals surface area contributed by atoms with Crippen LogP contribution in [-0.2, 0) is 11.3 Å². The number of halogens is 2. The molecule has 0 spiro atoms. The zero-order valence-electron chi connectivity index (χ0n) is 9.84. The lowest BCUT2D eigenvalue weighted by Crippen LogP contribution is -2.40. The number of carbonyl (C=O) groups excluding carboxylic acids is 1. The molecule has 0 aliphatic heterocycles. The van der Waals surface area contributed by atoms with Gasteiger partial charge in [-0.2, -0.15) is 0 Å². The highest BCUT2D eigenvalue weighted by molar-refractivity contribution is 5.80. The Morgan fingerprint density at radius 2 is 2.12 bits per heavy atom. The number of rotatable bonds is 5. The molecule has 1 aromatic rings. The lowest BCUT2D eigenvalue weighted by Gasteiger charge is -2.12. The first-order chi connectivity index (χ1) is 8.04. The van der Waals surface area contributed by atoms with Crippen LogP contribution in [0.4, 0.5) is 8.78 Å². The maximum absolute atomic E-state index is 12.4. The molecule has 1 atom stereocenters. The van der Waals surface area contributed by atoms with Crippen LogP contribution in [0.25, 0.3) is 0 Å². The minimum Gasteiger partial charge on any atom is -0.358 e. The van der Waals surface area contributed by atoms with E-state index in [1.165, 1.54) is 12.1 Å². The Kier molecular flexibility index (Phi) is 5.03. The van der Waals surface area contributed by atoms with Crippen molar-refractivity contribution in [1.29, 1.82) is 0 Å². The SMILES string of the molecule is CNC(=O)C(C)NCc1cccc(C(F)F)c1. The van der Waals surface area contributed by atoms with Gasteiger partial charge in [-0.15, -0.1) is 0 Å². The highest BCUT2D eigenvalue weighted by atomic mass is 19.3. The number of amides is 1. The van der Waals surface area contributed by atoms with Gasteiger partial charge in [0.2, 0.25) is 5.91 Å². The average molecular weight is 242 g/mol. The van der Waals surface area contributed by atoms with Gasteiger partial charge in [-0.3, -0.25) is 4.79 Å². The molecule has 0 aromatic heterocycles. The van der Waals surface area contributed by atoms with Crippen molar-refractivity contribution in [2.75, 3.05) is 7.05 Å². The van der Waals surface area contributed by atoms with Crippen LogP contribution in [0.15, 0.2) is 24.3 Å². The van der Waals surface area contributed by atoms with Gasteiger partial charge >= 0.3 is 0 Å². The third-order valence-corrected chi connectivity index (χ3v) is 2.46. The molecule has 0 heterocycles. The number of carbonyl (C=O) groups is 1. The summed E-state index contributed by atoms with van der Waals surface area (Å²) in [7, 11) is 1.55. The summed E-state index contributed by atoms with van der Waals surface area (Å²) in [6, 6.07) is 5.80. The van der Waals surface area contributed by atoms with E-state index in [1.807, 2.05) is 0 Å². The molecule has 0 saturated heterocycles. The van der Waals surface area contributed by atoms with Crippen LogP contribution in [-0.4, -0.2) is 19.0 Å². The van der Waals surface area contributed by atoms with E-state index in [-0.39, 0.29) is 17.5 Å². The number of likely N-dealkylation sites (N-methyl/N-ethyl adjacent to an activating group) is 1. The Hall–Kier alpha value is -1.49. The highest BCUT2D eigenvalue weighted by Crippen LogP contribution is 2.19. The summed E-state index contributed by atoms with van der Waals surface area (Å²) in [4.78, 5) is 11.2. The van der Waals surface area contributed by atoms with Gasteiger partial charge in [-0.1, -0.05) is 18.2 Å². The van der Waals surface area contributed by atoms with Gasteiger partial charge in [0.05, 0.1) is 6.04 Å². The lowest BCUT2D eigenvalue weighted by atomic mass is 10.1. The number of hydrogen-bond acceptors (Lipinski definition) is 2. The van der Waals surface area contributed by atoms with Crippen molar-refractivity contribution >= 4 is 5.91 Å². The molecule has 17 heavy (non-hydrogen) atoms. The van der Waals surface area contributed by atoms with E-state index in [0.29, 0.717) is 6.54 Å². The Morgan fingerprint density at radius 1 is 1.41 bits per heavy atom. The van der Waals surface area contributed by atoms with E-state index in [9.17, 15) is 13.6 Å². The Bertz CT molecular complexity index is 383. The first-order valence-corrected chi connectivity index (χ1v) is 5.36. The van der Waals surface area contributed by atoms with Crippen LogP contribution in [0.5, 0.6) is 0 Å². The molecule has 0 fully saturated rings. The van der Waals surface area contributed by atoms with E-state index in [2.05, 4.69) is 10.6 Å². The van der Waals surface area contributed by atoms with Gasteiger partial charge in [-0.25, -0.2) is 8.78 Å². The predicted octanol–water partition coefficient (Wildman–Crippen LogP) is 1.85. The van der Waals surface area contributed by atoms with Crippen molar-refractivity contribution in [3.8, 4) is 0 Å². The largest absolute Gasteiger partial charge is 0.358 e. The normalized spacial score (nSPS) is 12.5. The minimum absolute atomic E-state index is 0.00287. The summed E-state index contributed by atoms with van der Waals surface area (Å²) >= 11 is 0. The molecular weight excluding hydrogens is 226 g/mol. The van der Waals surface area contributed by atoms with E-state index in [0.717, 1.165) is 5.56 Å². The van der Waals surface area contributed by atoms with Crippen LogP contribution in [0.2, 0.25) is 0 Å². The predicted molar refractivity (Wildman–Crippen MR) is 61.8 cm³/mol. The van der Waals surface area contributed by atoms with Gasteiger partial charge in [-0.05, 0) is 18.6 Å². The fourth-order valence-electron chi connectivity index (χ4n) is 1.42. The molecule has 1 amide bonds. The second kappa shape index (κ2) is 6.30. The summed E-state index contributed by atoms with van der Waals surface area (Å²) in [5.74, 6) is -0.130. The van der Waals surface area contributed by atoms with Gasteiger partial charge in [0.15, 0.2) is 0 Å². The summed E-state index contributed by atoms with van der Waals surface area (Å²) < 4.78 is 24.9. The topological polar surface area (TPSA) is 41.1 Å². The molecule has 0 saturated carbocycles. The molecule has 1 aromatic carbocycles. The molecule has 1 unspecified atom stereocenters. The number of benzene rings is 1. The standard InChI is InChI=1S/C12H16F2N2O/c1-8(12(17)15-2)16-7-9-4-3-5-10(6-9)11(13)14/h3-6,8,11,16H,7H2,1-2H3,(H,15,17). The van der Waals surface area contributed by atoms with Crippen molar-refractivity contribution < 1.29 is 13.6 Å². The summed E-state index contributed by atoms with van der Waals surface area (Å²) in [5.41, 5.74) is 0.732. The number of hydrogen-bond donors (Lipinski definition) is 2. The van der Waals surface area contributed by atoms with Crippen molar-refractivity contribution in [2.45, 2.75) is 25.9 Å². The average Bonchev–Trinajstić information content (AvgIpc) is 2.35. The van der Waals surface area contributed by atoms with E-state index < -0.39 is 6.43 Å². The van der Waals surface area contributed by atoms with Gasteiger partial charge in [0, 0.05) is 19.2 Å². The first-order valence-electron chi connectivity index (χ1n) is 5.36. The van der Waals surface area contributed by atoms with E-state index in [4.69, 9.17) is 0 Å². The second-order valence-corrected chi connectivity index (χ2v) is 3.76. The molecule has 1 rings (SSSR count). The zero-order valence-corrected chi connectivity index (χ0v) is 9.84. The monoisotopic (exact) mass is 242 g/mol. The van der Waals surface area contributed by atoms with E-state index in [1.54, 1.807) is 26.1 Å². The summed E-state index contributed by atoms with van der Waals surface area (Å²) in [5, 5.41) is 5.47. The maximum atomic E-state index is 12.4. The molecular formula is C12H16F2N2O. The molecule has 0 bridgehead atoms. The Labute approximate surface area is 99.2 Å². The third-order valence-electron chi connectivity index (χ3n) is 2.46. The molecule has 2 N–H and O–H groups in total. The summed E-state index contributed by atoms with van der Waals surface area (Å²) in [6.45, 7) is 2.10. The van der Waals surface area contributed by atoms with E-state index >= 15 is 0 Å². The minimum atomic E-state index is -2.47. The molecule has 5 heteroatoms. The second-order valence-electron chi connectivity index (χ2n) is 3.76. The molecule has 94 valence electrons. The fourth-order valence-corrected chi connectivity index (χ4v) is 1.42. The molecule has 0 aliphatic carbocycles. The highest BCUT2D eigenvalue weighted by Gasteiger charge is 2.11. The van der Waals surface area contributed by atoms with Gasteiger partial charge < -0.3 is 10.6 Å². The lowest BCUT2D eigenvalue weighted by molar-refractivity contribution is -0.122. The number of alkyl halides is 2. The Balaban J connectivity index is 2.57. The fraction of sp³-hybridized carbons (Fsp3) is 0.417. The maximum Gasteiger partial charge on any atom is 0.263 e. The molecule has 3 nitrogen and oxygen atoms in total. The van der Waals surface area contributed by atoms with Crippen LogP contribution in [0.3, 0.4) is 0 Å². The van der Waals surface area contributed by atoms with Crippen LogP contribution < -0.4 is 10.6 Å². The Morgan fingerprint density at radius 3 is 2.71 bits per heavy atom. The van der Waals surface area contributed by atoms with Crippen molar-refractivity contribution in [3.05, 3.63) is 35.4 Å². The smallest absolute Gasteiger partial charge is 0.263 e. The van der Waals surface area contributed by atoms with Crippen molar-refractivity contribution in [2.24, 2.45) is 0 Å². The number of nitrogens with one attached hydrogen (secondary N) is 2. The van der Waals surface area contributed by atoms with Crippen molar-refractivity contribution in [1.82, 2.24) is 10.6 Å². The molecule has 0 radical (unpaired) electrons. The van der Waals surface area contributed by atoms with Crippen LogP contribution in [0.1, 0.15) is 24.5 Å². The first kappa shape index (κ1) is 13.6. The third kappa shape index (κ3) is 4.11. The zero-order chi connectivity index (χ0) is 12.8. The van der Waals surface area contributed by atoms with Gasteiger partial charge in [0.1, 0.15) is 0 Å². The summed E-state index contributed by atoms with van der Waals surface area (Å²) in [6.07, 6.45) is -2.47. The van der Waals surface area contributed by atoms with Crippen molar-refractivity contribution in [3.63, 3.8) is 0 Å². The molecule has 0 aliphatic rings. The quantitative estimate of drug-likeness (QED) is 0.827.